The number of benzene rings is 3. The summed E-state index contributed by atoms with van der Waals surface area (Å²) in [6.07, 6.45) is 2.27. The van der Waals surface area contributed by atoms with Crippen molar-refractivity contribution in [3.05, 3.63) is 111 Å². The highest BCUT2D eigenvalue weighted by atomic mass is 35.5. The van der Waals surface area contributed by atoms with Gasteiger partial charge in [0.05, 0.1) is 11.2 Å². The number of fused-ring (bicyclic) bond motifs is 2. The normalized spacial score (nSPS) is 12.0. The van der Waals surface area contributed by atoms with Crippen LogP contribution in [0.4, 0.5) is 0 Å². The van der Waals surface area contributed by atoms with Crippen LogP contribution in [0.15, 0.2) is 88.9 Å². The first-order valence-corrected chi connectivity index (χ1v) is 17.2. The Balaban J connectivity index is 1.46. The van der Waals surface area contributed by atoms with E-state index < -0.39 is 29.7 Å². The third-order valence-corrected chi connectivity index (χ3v) is 9.06. The second kappa shape index (κ2) is 15.8. The van der Waals surface area contributed by atoms with Gasteiger partial charge in [-0.1, -0.05) is 87.8 Å². The summed E-state index contributed by atoms with van der Waals surface area (Å²) in [6.45, 7) is 10.6. The Morgan fingerprint density at radius 1 is 1.06 bits per heavy atom. The fourth-order valence-electron chi connectivity index (χ4n) is 5.31. The first kappa shape index (κ1) is 36.5. The maximum atomic E-state index is 11.9. The average molecular weight is 718 g/mol. The average Bonchev–Trinajstić information content (AvgIpc) is 3.31. The van der Waals surface area contributed by atoms with Crippen LogP contribution in [-0.4, -0.2) is 44.8 Å². The Morgan fingerprint density at radius 2 is 1.82 bits per heavy atom. The molecule has 0 aliphatic carbocycles. The molecular formula is C37H40ClN5O6S. The van der Waals surface area contributed by atoms with Crippen molar-refractivity contribution in [2.75, 3.05) is 13.3 Å². The summed E-state index contributed by atoms with van der Waals surface area (Å²) in [6, 6.07) is 26.1. The lowest BCUT2D eigenvalue weighted by molar-refractivity contribution is -0.758. The van der Waals surface area contributed by atoms with Gasteiger partial charge in [0.25, 0.3) is 11.0 Å². The minimum absolute atomic E-state index is 0.104. The highest BCUT2D eigenvalue weighted by Gasteiger charge is 2.28. The molecule has 2 aromatic heterocycles. The first-order valence-electron chi connectivity index (χ1n) is 16.0. The van der Waals surface area contributed by atoms with E-state index in [9.17, 15) is 14.9 Å². The number of nitrogens with zero attached hydrogens (tertiary/aromatic N) is 4. The predicted octanol–water partition coefficient (Wildman–Crippen LogP) is 8.21. The van der Waals surface area contributed by atoms with E-state index >= 15 is 0 Å². The molecule has 5 aromatic rings. The molecule has 0 fully saturated rings. The molecule has 5 rings (SSSR count). The van der Waals surface area contributed by atoms with Crippen LogP contribution < -0.4 is 10.1 Å². The summed E-state index contributed by atoms with van der Waals surface area (Å²) < 4.78 is 8.56. The number of para-hydroxylation sites is 1. The van der Waals surface area contributed by atoms with E-state index in [0.717, 1.165) is 49.4 Å². The summed E-state index contributed by atoms with van der Waals surface area (Å²) in [4.78, 5) is 37.5. The number of carbonyl (C=O) groups excluding carboxylic acids is 1. The number of oxime groups is 1. The molecule has 13 heteroatoms. The largest absolute Gasteiger partial charge is 0.487 e. The highest BCUT2D eigenvalue weighted by molar-refractivity contribution is 8.00. The third-order valence-electron chi connectivity index (χ3n) is 7.53. The number of thioether (sulfide) groups is 1. The van der Waals surface area contributed by atoms with Crippen LogP contribution in [0.1, 0.15) is 51.6 Å². The summed E-state index contributed by atoms with van der Waals surface area (Å²) >= 11 is 8.03. The van der Waals surface area contributed by atoms with Crippen LogP contribution >= 0.6 is 23.4 Å². The lowest BCUT2D eigenvalue weighted by Gasteiger charge is -2.24. The van der Waals surface area contributed by atoms with Gasteiger partial charge in [-0.3, -0.25) is 9.63 Å². The summed E-state index contributed by atoms with van der Waals surface area (Å²) in [5.74, 6) is 0.151. The second-order valence-corrected chi connectivity index (χ2v) is 15.7. The van der Waals surface area contributed by atoms with E-state index in [-0.39, 0.29) is 4.75 Å². The standard InChI is InChI=1S/C37H40ClN5O6S/c1-36(2,3)50-35-30-18-29(47-21-28-15-12-26-8-6-7-9-31(26)41-28)16-17-32(30)42(20-25-10-13-27(38)14-11-25)33(35)19-37(4,5)23-40-48-22-34(44)39-24-49-43(45)46/h6-18,23H,19-22,24H2,1-5H3,(H,39,44)/b40-23+. The molecule has 0 aliphatic rings. The Bertz CT molecular complexity index is 2010. The zero-order chi connectivity index (χ0) is 35.9. The summed E-state index contributed by atoms with van der Waals surface area (Å²) in [7, 11) is 0. The second-order valence-electron chi connectivity index (χ2n) is 13.4. The van der Waals surface area contributed by atoms with Gasteiger partial charge >= 0.3 is 0 Å². The number of nitrogens with one attached hydrogen (secondary N) is 1. The Kier molecular flexibility index (Phi) is 11.5. The van der Waals surface area contributed by atoms with E-state index in [0.29, 0.717) is 24.6 Å². The summed E-state index contributed by atoms with van der Waals surface area (Å²) in [5.41, 5.74) is 4.57. The van der Waals surface area contributed by atoms with Crippen molar-refractivity contribution in [3.8, 4) is 5.75 Å². The predicted molar refractivity (Wildman–Crippen MR) is 197 cm³/mol. The number of ether oxygens (including phenoxy) is 1. The van der Waals surface area contributed by atoms with Gasteiger partial charge < -0.3 is 19.5 Å². The van der Waals surface area contributed by atoms with E-state index in [1.807, 2.05) is 74.5 Å². The zero-order valence-electron chi connectivity index (χ0n) is 28.6. The van der Waals surface area contributed by atoms with Crippen molar-refractivity contribution < 1.29 is 24.3 Å². The number of hydrogen-bond donors (Lipinski definition) is 1. The number of aromatic nitrogens is 2. The molecule has 0 unspecified atom stereocenters. The van der Waals surface area contributed by atoms with Gasteiger partial charge in [0.1, 0.15) is 12.4 Å². The maximum absolute atomic E-state index is 11.9. The monoisotopic (exact) mass is 717 g/mol. The van der Waals surface area contributed by atoms with E-state index in [4.69, 9.17) is 26.2 Å². The molecule has 0 saturated carbocycles. The molecule has 0 radical (unpaired) electrons. The molecular weight excluding hydrogens is 678 g/mol. The lowest BCUT2D eigenvalue weighted by Crippen LogP contribution is -2.30. The molecule has 262 valence electrons. The van der Waals surface area contributed by atoms with E-state index in [1.165, 1.54) is 0 Å². The van der Waals surface area contributed by atoms with Crippen LogP contribution in [0.3, 0.4) is 0 Å². The topological polar surface area (TPSA) is 130 Å². The van der Waals surface area contributed by atoms with Crippen molar-refractivity contribution in [2.45, 2.75) is 63.8 Å². The van der Waals surface area contributed by atoms with Crippen molar-refractivity contribution in [1.82, 2.24) is 14.9 Å². The minimum Gasteiger partial charge on any atom is -0.487 e. The number of pyridine rings is 1. The van der Waals surface area contributed by atoms with Crippen LogP contribution in [-0.2, 0) is 34.0 Å². The molecule has 0 atom stereocenters. The van der Waals surface area contributed by atoms with Gasteiger partial charge in [0.2, 0.25) is 0 Å². The molecule has 1 amide bonds. The third kappa shape index (κ3) is 10.1. The number of carbonyl (C=O) groups is 1. The molecule has 3 aromatic carbocycles. The van der Waals surface area contributed by atoms with Gasteiger partial charge in [-0.2, -0.15) is 0 Å². The molecule has 11 nitrogen and oxygen atoms in total. The van der Waals surface area contributed by atoms with Crippen LogP contribution in [0.2, 0.25) is 5.02 Å². The molecule has 0 aliphatic heterocycles. The Morgan fingerprint density at radius 3 is 2.56 bits per heavy atom. The number of rotatable bonds is 15. The Hall–Kier alpha value is -4.81. The molecule has 2 heterocycles. The first-order chi connectivity index (χ1) is 23.8. The van der Waals surface area contributed by atoms with Gasteiger partial charge in [-0.15, -0.1) is 21.9 Å². The minimum atomic E-state index is -0.988. The molecule has 50 heavy (non-hydrogen) atoms. The van der Waals surface area contributed by atoms with Crippen molar-refractivity contribution in [2.24, 2.45) is 10.6 Å². The van der Waals surface area contributed by atoms with E-state index in [2.05, 4.69) is 58.8 Å². The van der Waals surface area contributed by atoms with Gasteiger partial charge in [0.15, 0.2) is 13.3 Å². The van der Waals surface area contributed by atoms with Gasteiger partial charge in [-0.05, 0) is 54.4 Å². The van der Waals surface area contributed by atoms with Crippen LogP contribution in [0.5, 0.6) is 5.75 Å². The fourth-order valence-corrected chi connectivity index (χ4v) is 6.62. The van der Waals surface area contributed by atoms with Crippen molar-refractivity contribution in [1.29, 1.82) is 0 Å². The quantitative estimate of drug-likeness (QED) is 0.0377. The fraction of sp³-hybridized carbons (Fsp3) is 0.324. The van der Waals surface area contributed by atoms with E-state index in [1.54, 1.807) is 18.0 Å². The van der Waals surface area contributed by atoms with Crippen LogP contribution in [0, 0.1) is 15.5 Å². The van der Waals surface area contributed by atoms with Gasteiger partial charge in [-0.25, -0.2) is 4.98 Å². The van der Waals surface area contributed by atoms with Crippen molar-refractivity contribution in [3.63, 3.8) is 0 Å². The number of hydrogen-bond acceptors (Lipinski definition) is 9. The Labute approximate surface area is 300 Å². The highest BCUT2D eigenvalue weighted by Crippen LogP contribution is 2.44. The summed E-state index contributed by atoms with van der Waals surface area (Å²) in [5, 5.41) is 18.4. The number of amides is 1. The van der Waals surface area contributed by atoms with Gasteiger partial charge in [0, 0.05) is 54.8 Å². The van der Waals surface area contributed by atoms with Crippen LogP contribution in [0.25, 0.3) is 21.8 Å². The molecule has 1 N–H and O–H groups in total. The molecule has 0 spiro atoms. The lowest BCUT2D eigenvalue weighted by atomic mass is 9.89. The molecule has 0 bridgehead atoms. The maximum Gasteiger partial charge on any atom is 0.296 e. The van der Waals surface area contributed by atoms with Crippen molar-refractivity contribution >= 4 is 57.3 Å². The zero-order valence-corrected chi connectivity index (χ0v) is 30.2. The smallest absolute Gasteiger partial charge is 0.296 e. The molecule has 0 saturated heterocycles. The number of halogens is 1. The SMILES string of the molecule is CC(C)(/C=N/OCC(=O)NCO[N+](=O)[O-])Cc1c(SC(C)(C)C)c2cc(OCc3ccc4ccccc4n3)ccc2n1Cc1ccc(Cl)cc1.